The standard InChI is InChI=1S/C21H24ClNO3/c1-2-23(14-16-5-3-6-18(22)13-16)21(24)17-8-10-19(11-9-17)26-15-20-7-4-12-25-20/h3,5-6,8-11,13,20H,2,4,7,12,14-15H2,1H3. The molecule has 1 atom stereocenters. The number of hydrogen-bond donors (Lipinski definition) is 0. The van der Waals surface area contributed by atoms with Gasteiger partial charge in [0, 0.05) is 30.3 Å². The zero-order chi connectivity index (χ0) is 18.4. The normalized spacial score (nSPS) is 16.5. The van der Waals surface area contributed by atoms with Crippen LogP contribution in [-0.2, 0) is 11.3 Å². The third-order valence-electron chi connectivity index (χ3n) is 4.49. The van der Waals surface area contributed by atoms with Crippen molar-refractivity contribution in [3.05, 3.63) is 64.7 Å². The van der Waals surface area contributed by atoms with Gasteiger partial charge < -0.3 is 14.4 Å². The van der Waals surface area contributed by atoms with Crippen LogP contribution in [0.25, 0.3) is 0 Å². The Morgan fingerprint density at radius 3 is 2.73 bits per heavy atom. The molecule has 0 bridgehead atoms. The predicted molar refractivity (Wildman–Crippen MR) is 103 cm³/mol. The molecule has 0 aromatic heterocycles. The van der Waals surface area contributed by atoms with Gasteiger partial charge in [-0.2, -0.15) is 0 Å². The minimum Gasteiger partial charge on any atom is -0.491 e. The molecule has 138 valence electrons. The molecule has 2 aromatic carbocycles. The molecule has 0 aliphatic carbocycles. The van der Waals surface area contributed by atoms with Crippen LogP contribution in [0.2, 0.25) is 5.02 Å². The molecule has 1 aliphatic rings. The maximum Gasteiger partial charge on any atom is 0.254 e. The fraction of sp³-hybridized carbons (Fsp3) is 0.381. The van der Waals surface area contributed by atoms with E-state index >= 15 is 0 Å². The number of carbonyl (C=O) groups is 1. The third kappa shape index (κ3) is 4.99. The minimum atomic E-state index is -0.00171. The Bertz CT molecular complexity index is 726. The molecule has 1 heterocycles. The molecule has 0 spiro atoms. The lowest BCUT2D eigenvalue weighted by atomic mass is 10.1. The van der Waals surface area contributed by atoms with Crippen molar-refractivity contribution in [1.82, 2.24) is 4.90 Å². The van der Waals surface area contributed by atoms with Gasteiger partial charge in [-0.15, -0.1) is 0 Å². The largest absolute Gasteiger partial charge is 0.491 e. The molecule has 1 aliphatic heterocycles. The number of ether oxygens (including phenoxy) is 2. The molecular weight excluding hydrogens is 350 g/mol. The fourth-order valence-electron chi connectivity index (χ4n) is 3.02. The molecule has 5 heteroatoms. The van der Waals surface area contributed by atoms with E-state index in [1.165, 1.54) is 0 Å². The zero-order valence-electron chi connectivity index (χ0n) is 15.0. The van der Waals surface area contributed by atoms with Crippen LogP contribution in [-0.4, -0.2) is 36.7 Å². The van der Waals surface area contributed by atoms with E-state index in [0.29, 0.717) is 30.3 Å². The van der Waals surface area contributed by atoms with Crippen molar-refractivity contribution in [3.63, 3.8) is 0 Å². The van der Waals surface area contributed by atoms with Crippen LogP contribution in [0.1, 0.15) is 35.7 Å². The zero-order valence-corrected chi connectivity index (χ0v) is 15.7. The number of halogens is 1. The lowest BCUT2D eigenvalue weighted by molar-refractivity contribution is 0.0678. The quantitative estimate of drug-likeness (QED) is 0.714. The van der Waals surface area contributed by atoms with Crippen LogP contribution in [0.3, 0.4) is 0 Å². The Morgan fingerprint density at radius 1 is 1.27 bits per heavy atom. The molecule has 1 amide bonds. The molecule has 1 saturated heterocycles. The van der Waals surface area contributed by atoms with Gasteiger partial charge in [-0.25, -0.2) is 0 Å². The van der Waals surface area contributed by atoms with Gasteiger partial charge in [-0.1, -0.05) is 23.7 Å². The first kappa shape index (κ1) is 18.7. The third-order valence-corrected chi connectivity index (χ3v) is 4.73. The summed E-state index contributed by atoms with van der Waals surface area (Å²) >= 11 is 6.04. The summed E-state index contributed by atoms with van der Waals surface area (Å²) in [6.07, 6.45) is 2.33. The molecule has 4 nitrogen and oxygen atoms in total. The predicted octanol–water partition coefficient (Wildman–Crippen LogP) is 4.56. The monoisotopic (exact) mass is 373 g/mol. The summed E-state index contributed by atoms with van der Waals surface area (Å²) in [5.74, 6) is 0.757. The van der Waals surface area contributed by atoms with Gasteiger partial charge in [0.05, 0.1) is 6.10 Å². The van der Waals surface area contributed by atoms with Crippen molar-refractivity contribution in [2.75, 3.05) is 19.8 Å². The van der Waals surface area contributed by atoms with Gasteiger partial charge >= 0.3 is 0 Å². The highest BCUT2D eigenvalue weighted by molar-refractivity contribution is 6.30. The minimum absolute atomic E-state index is 0.00171. The van der Waals surface area contributed by atoms with Gasteiger partial charge in [-0.3, -0.25) is 4.79 Å². The Labute approximate surface area is 159 Å². The van der Waals surface area contributed by atoms with E-state index in [4.69, 9.17) is 21.1 Å². The van der Waals surface area contributed by atoms with Crippen LogP contribution < -0.4 is 4.74 Å². The summed E-state index contributed by atoms with van der Waals surface area (Å²) in [6, 6.07) is 14.9. The van der Waals surface area contributed by atoms with E-state index in [9.17, 15) is 4.79 Å². The molecule has 0 saturated carbocycles. The van der Waals surface area contributed by atoms with Gasteiger partial charge in [0.15, 0.2) is 0 Å². The average Bonchev–Trinajstić information content (AvgIpc) is 3.18. The second-order valence-electron chi connectivity index (χ2n) is 6.42. The van der Waals surface area contributed by atoms with Crippen molar-refractivity contribution in [3.8, 4) is 5.75 Å². The summed E-state index contributed by atoms with van der Waals surface area (Å²) < 4.78 is 11.3. The summed E-state index contributed by atoms with van der Waals surface area (Å²) in [5, 5.41) is 0.679. The highest BCUT2D eigenvalue weighted by atomic mass is 35.5. The number of carbonyl (C=O) groups excluding carboxylic acids is 1. The molecule has 2 aromatic rings. The highest BCUT2D eigenvalue weighted by Crippen LogP contribution is 2.18. The number of benzene rings is 2. The fourth-order valence-corrected chi connectivity index (χ4v) is 3.24. The summed E-state index contributed by atoms with van der Waals surface area (Å²) in [6.45, 7) is 4.52. The van der Waals surface area contributed by atoms with E-state index in [-0.39, 0.29) is 12.0 Å². The van der Waals surface area contributed by atoms with Gasteiger partial charge in [0.2, 0.25) is 0 Å². The van der Waals surface area contributed by atoms with Crippen LogP contribution in [0, 0.1) is 0 Å². The van der Waals surface area contributed by atoms with Crippen molar-refractivity contribution in [2.45, 2.75) is 32.4 Å². The van der Waals surface area contributed by atoms with Crippen LogP contribution in [0.15, 0.2) is 48.5 Å². The van der Waals surface area contributed by atoms with Gasteiger partial charge in [-0.05, 0) is 61.7 Å². The summed E-state index contributed by atoms with van der Waals surface area (Å²) in [4.78, 5) is 14.6. The lowest BCUT2D eigenvalue weighted by Gasteiger charge is -2.21. The molecular formula is C21H24ClNO3. The Morgan fingerprint density at radius 2 is 2.08 bits per heavy atom. The summed E-state index contributed by atoms with van der Waals surface area (Å²) in [7, 11) is 0. The maximum atomic E-state index is 12.8. The highest BCUT2D eigenvalue weighted by Gasteiger charge is 2.17. The summed E-state index contributed by atoms with van der Waals surface area (Å²) in [5.41, 5.74) is 1.67. The van der Waals surface area contributed by atoms with E-state index in [0.717, 1.165) is 30.8 Å². The molecule has 1 fully saturated rings. The molecule has 3 rings (SSSR count). The Hall–Kier alpha value is -2.04. The van der Waals surface area contributed by atoms with E-state index in [2.05, 4.69) is 0 Å². The second-order valence-corrected chi connectivity index (χ2v) is 6.86. The van der Waals surface area contributed by atoms with Gasteiger partial charge in [0.25, 0.3) is 5.91 Å². The van der Waals surface area contributed by atoms with Crippen LogP contribution in [0.4, 0.5) is 0 Å². The SMILES string of the molecule is CCN(Cc1cccc(Cl)c1)C(=O)c1ccc(OCC2CCCO2)cc1. The first-order valence-electron chi connectivity index (χ1n) is 9.04. The number of amides is 1. The first-order chi connectivity index (χ1) is 12.7. The molecule has 26 heavy (non-hydrogen) atoms. The van der Waals surface area contributed by atoms with Crippen molar-refractivity contribution in [2.24, 2.45) is 0 Å². The van der Waals surface area contributed by atoms with E-state index in [1.807, 2.05) is 55.5 Å². The number of hydrogen-bond acceptors (Lipinski definition) is 3. The van der Waals surface area contributed by atoms with Crippen molar-refractivity contribution >= 4 is 17.5 Å². The Balaban J connectivity index is 1.60. The average molecular weight is 374 g/mol. The molecule has 0 N–H and O–H groups in total. The Kier molecular flexibility index (Phi) is 6.53. The lowest BCUT2D eigenvalue weighted by Crippen LogP contribution is -2.30. The smallest absolute Gasteiger partial charge is 0.254 e. The molecule has 1 unspecified atom stereocenters. The van der Waals surface area contributed by atoms with Crippen LogP contribution in [0.5, 0.6) is 5.75 Å². The number of nitrogens with zero attached hydrogens (tertiary/aromatic N) is 1. The van der Waals surface area contributed by atoms with E-state index < -0.39 is 0 Å². The van der Waals surface area contributed by atoms with Crippen molar-refractivity contribution in [1.29, 1.82) is 0 Å². The van der Waals surface area contributed by atoms with Crippen molar-refractivity contribution < 1.29 is 14.3 Å². The topological polar surface area (TPSA) is 38.8 Å². The number of rotatable bonds is 7. The van der Waals surface area contributed by atoms with Crippen LogP contribution >= 0.6 is 11.6 Å². The molecule has 0 radical (unpaired) electrons. The first-order valence-corrected chi connectivity index (χ1v) is 9.41. The maximum absolute atomic E-state index is 12.8. The second kappa shape index (κ2) is 9.06. The van der Waals surface area contributed by atoms with Gasteiger partial charge in [0.1, 0.15) is 12.4 Å². The van der Waals surface area contributed by atoms with E-state index in [1.54, 1.807) is 4.90 Å².